The molecule has 76 valence electrons. The Labute approximate surface area is 85.7 Å². The summed E-state index contributed by atoms with van der Waals surface area (Å²) in [6.45, 7) is 4.43. The average Bonchev–Trinajstić information content (AvgIpc) is 3.02. The van der Waals surface area contributed by atoms with Crippen LogP contribution in [0.15, 0.2) is 18.3 Å². The van der Waals surface area contributed by atoms with E-state index in [9.17, 15) is 0 Å². The third kappa shape index (κ3) is 2.06. The largest absolute Gasteiger partial charge is 0.367 e. The first kappa shape index (κ1) is 9.50. The smallest absolute Gasteiger partial charge is 0.129 e. The number of pyridine rings is 1. The third-order valence-corrected chi connectivity index (χ3v) is 2.97. The van der Waals surface area contributed by atoms with Gasteiger partial charge in [-0.05, 0) is 43.7 Å². The number of aryl methyl sites for hydroxylation is 1. The van der Waals surface area contributed by atoms with E-state index in [0.29, 0.717) is 6.04 Å². The maximum atomic E-state index is 4.39. The summed E-state index contributed by atoms with van der Waals surface area (Å²) < 4.78 is 0. The lowest BCUT2D eigenvalue weighted by Gasteiger charge is -2.15. The fourth-order valence-electron chi connectivity index (χ4n) is 1.78. The summed E-state index contributed by atoms with van der Waals surface area (Å²) in [5.74, 6) is 1.95. The van der Waals surface area contributed by atoms with Gasteiger partial charge in [0.2, 0.25) is 0 Å². The standard InChI is InChI=1S/C12H18N2/c1-3-10-5-4-8-13-12(10)14-9(2)11-6-7-11/h4-5,8-9,11H,3,6-7H2,1-2H3,(H,13,14). The molecule has 0 amide bonds. The first-order chi connectivity index (χ1) is 6.81. The minimum absolute atomic E-state index is 0.579. The first-order valence-corrected chi connectivity index (χ1v) is 5.51. The van der Waals surface area contributed by atoms with Gasteiger partial charge in [-0.2, -0.15) is 0 Å². The molecule has 1 aliphatic rings. The predicted molar refractivity (Wildman–Crippen MR) is 59.4 cm³/mol. The summed E-state index contributed by atoms with van der Waals surface area (Å²) in [4.78, 5) is 4.39. The minimum Gasteiger partial charge on any atom is -0.367 e. The lowest BCUT2D eigenvalue weighted by molar-refractivity contribution is 0.689. The van der Waals surface area contributed by atoms with Gasteiger partial charge in [-0.1, -0.05) is 13.0 Å². The van der Waals surface area contributed by atoms with E-state index in [-0.39, 0.29) is 0 Å². The van der Waals surface area contributed by atoms with Crippen LogP contribution in [0, 0.1) is 5.92 Å². The zero-order valence-electron chi connectivity index (χ0n) is 8.96. The van der Waals surface area contributed by atoms with Gasteiger partial charge in [-0.3, -0.25) is 0 Å². The first-order valence-electron chi connectivity index (χ1n) is 5.51. The van der Waals surface area contributed by atoms with Crippen LogP contribution in [0.5, 0.6) is 0 Å². The second-order valence-electron chi connectivity index (χ2n) is 4.14. The van der Waals surface area contributed by atoms with E-state index in [1.54, 1.807) is 0 Å². The zero-order chi connectivity index (χ0) is 9.97. The van der Waals surface area contributed by atoms with Crippen molar-refractivity contribution in [1.29, 1.82) is 0 Å². The maximum absolute atomic E-state index is 4.39. The Kier molecular flexibility index (Phi) is 2.71. The zero-order valence-corrected chi connectivity index (χ0v) is 8.96. The highest BCUT2D eigenvalue weighted by Gasteiger charge is 2.28. The molecule has 1 heterocycles. The molecule has 0 aromatic carbocycles. The number of hydrogen-bond acceptors (Lipinski definition) is 2. The highest BCUT2D eigenvalue weighted by Crippen LogP contribution is 2.34. The van der Waals surface area contributed by atoms with Gasteiger partial charge in [0.05, 0.1) is 0 Å². The van der Waals surface area contributed by atoms with Crippen molar-refractivity contribution in [3.8, 4) is 0 Å². The number of nitrogens with one attached hydrogen (secondary N) is 1. The predicted octanol–water partition coefficient (Wildman–Crippen LogP) is 2.85. The molecule has 0 bridgehead atoms. The number of nitrogens with zero attached hydrogens (tertiary/aromatic N) is 1. The van der Waals surface area contributed by atoms with Gasteiger partial charge >= 0.3 is 0 Å². The van der Waals surface area contributed by atoms with Crippen molar-refractivity contribution in [2.75, 3.05) is 5.32 Å². The van der Waals surface area contributed by atoms with Gasteiger partial charge in [0.15, 0.2) is 0 Å². The lowest BCUT2D eigenvalue weighted by Crippen LogP contribution is -2.19. The third-order valence-electron chi connectivity index (χ3n) is 2.97. The number of hydrogen-bond donors (Lipinski definition) is 1. The summed E-state index contributed by atoms with van der Waals surface area (Å²) in [5.41, 5.74) is 1.32. The Morgan fingerprint density at radius 2 is 2.36 bits per heavy atom. The summed E-state index contributed by atoms with van der Waals surface area (Å²) in [6.07, 6.45) is 5.67. The Hall–Kier alpha value is -1.05. The van der Waals surface area contributed by atoms with E-state index in [1.807, 2.05) is 12.3 Å². The molecule has 0 radical (unpaired) electrons. The fourth-order valence-corrected chi connectivity index (χ4v) is 1.78. The Balaban J connectivity index is 2.06. The highest BCUT2D eigenvalue weighted by molar-refractivity contribution is 5.44. The molecule has 2 rings (SSSR count). The molecular formula is C12H18N2. The minimum atomic E-state index is 0.579. The molecular weight excluding hydrogens is 172 g/mol. The number of rotatable bonds is 4. The van der Waals surface area contributed by atoms with Crippen LogP contribution >= 0.6 is 0 Å². The van der Waals surface area contributed by atoms with E-state index in [1.165, 1.54) is 18.4 Å². The van der Waals surface area contributed by atoms with Crippen LogP contribution in [-0.4, -0.2) is 11.0 Å². The van der Waals surface area contributed by atoms with Crippen molar-refractivity contribution in [3.05, 3.63) is 23.9 Å². The second-order valence-corrected chi connectivity index (χ2v) is 4.14. The monoisotopic (exact) mass is 190 g/mol. The molecule has 1 aromatic rings. The molecule has 14 heavy (non-hydrogen) atoms. The molecule has 1 aliphatic carbocycles. The number of aromatic nitrogens is 1. The van der Waals surface area contributed by atoms with E-state index < -0.39 is 0 Å². The molecule has 0 spiro atoms. The SMILES string of the molecule is CCc1cccnc1NC(C)C1CC1. The summed E-state index contributed by atoms with van der Waals surface area (Å²) >= 11 is 0. The quantitative estimate of drug-likeness (QED) is 0.789. The van der Waals surface area contributed by atoms with Crippen LogP contribution in [0.25, 0.3) is 0 Å². The normalized spacial score (nSPS) is 17.9. The molecule has 2 nitrogen and oxygen atoms in total. The molecule has 1 aromatic heterocycles. The Morgan fingerprint density at radius 1 is 1.57 bits per heavy atom. The Bertz CT molecular complexity index is 305. The number of anilines is 1. The summed E-state index contributed by atoms with van der Waals surface area (Å²) in [7, 11) is 0. The van der Waals surface area contributed by atoms with Gasteiger partial charge in [0.25, 0.3) is 0 Å². The van der Waals surface area contributed by atoms with Crippen LogP contribution in [-0.2, 0) is 6.42 Å². The van der Waals surface area contributed by atoms with Crippen molar-refractivity contribution < 1.29 is 0 Å². The molecule has 1 fully saturated rings. The van der Waals surface area contributed by atoms with Gasteiger partial charge in [0, 0.05) is 12.2 Å². The molecule has 1 N–H and O–H groups in total. The topological polar surface area (TPSA) is 24.9 Å². The van der Waals surface area contributed by atoms with E-state index >= 15 is 0 Å². The summed E-state index contributed by atoms with van der Waals surface area (Å²) in [6, 6.07) is 4.73. The van der Waals surface area contributed by atoms with Gasteiger partial charge in [0.1, 0.15) is 5.82 Å². The molecule has 0 saturated heterocycles. The van der Waals surface area contributed by atoms with E-state index in [0.717, 1.165) is 18.2 Å². The lowest BCUT2D eigenvalue weighted by atomic mass is 10.1. The van der Waals surface area contributed by atoms with Crippen LogP contribution in [0.2, 0.25) is 0 Å². The van der Waals surface area contributed by atoms with Crippen molar-refractivity contribution in [2.45, 2.75) is 39.2 Å². The molecule has 1 atom stereocenters. The van der Waals surface area contributed by atoms with Crippen LogP contribution in [0.3, 0.4) is 0 Å². The van der Waals surface area contributed by atoms with Crippen LogP contribution in [0.1, 0.15) is 32.3 Å². The molecule has 1 saturated carbocycles. The van der Waals surface area contributed by atoms with Crippen LogP contribution in [0.4, 0.5) is 5.82 Å². The van der Waals surface area contributed by atoms with Crippen molar-refractivity contribution >= 4 is 5.82 Å². The molecule has 1 unspecified atom stereocenters. The maximum Gasteiger partial charge on any atom is 0.129 e. The molecule has 2 heteroatoms. The van der Waals surface area contributed by atoms with Gasteiger partial charge in [-0.25, -0.2) is 4.98 Å². The van der Waals surface area contributed by atoms with Crippen molar-refractivity contribution in [1.82, 2.24) is 4.98 Å². The summed E-state index contributed by atoms with van der Waals surface area (Å²) in [5, 5.41) is 3.51. The second kappa shape index (κ2) is 3.99. The van der Waals surface area contributed by atoms with Crippen molar-refractivity contribution in [3.63, 3.8) is 0 Å². The molecule has 0 aliphatic heterocycles. The van der Waals surface area contributed by atoms with E-state index in [2.05, 4.69) is 30.2 Å². The fraction of sp³-hybridized carbons (Fsp3) is 0.583. The average molecular weight is 190 g/mol. The Morgan fingerprint density at radius 3 is 3.00 bits per heavy atom. The van der Waals surface area contributed by atoms with E-state index in [4.69, 9.17) is 0 Å². The van der Waals surface area contributed by atoms with Gasteiger partial charge in [-0.15, -0.1) is 0 Å². The van der Waals surface area contributed by atoms with Gasteiger partial charge < -0.3 is 5.32 Å². The van der Waals surface area contributed by atoms with Crippen LogP contribution < -0.4 is 5.32 Å². The van der Waals surface area contributed by atoms with Crippen molar-refractivity contribution in [2.24, 2.45) is 5.92 Å². The highest BCUT2D eigenvalue weighted by atomic mass is 15.0.